The normalized spacial score (nSPS) is 13.6. The third-order valence-electron chi connectivity index (χ3n) is 2.93. The molecule has 0 fully saturated rings. The van der Waals surface area contributed by atoms with E-state index in [1.54, 1.807) is 19.1 Å². The van der Waals surface area contributed by atoms with E-state index in [0.29, 0.717) is 5.56 Å². The Hall–Kier alpha value is -1.40. The molecule has 0 saturated carbocycles. The smallest absolute Gasteiger partial charge is 0.305 e. The van der Waals surface area contributed by atoms with E-state index in [-0.39, 0.29) is 18.9 Å². The predicted octanol–water partition coefficient (Wildman–Crippen LogP) is 2.37. The molecule has 5 nitrogen and oxygen atoms in total. The highest BCUT2D eigenvalue weighted by molar-refractivity contribution is 9.10. The van der Waals surface area contributed by atoms with Crippen molar-refractivity contribution in [3.8, 4) is 0 Å². The van der Waals surface area contributed by atoms with Gasteiger partial charge in [0.15, 0.2) is 0 Å². The predicted molar refractivity (Wildman–Crippen MR) is 78.9 cm³/mol. The molecule has 0 saturated heterocycles. The molecule has 1 aromatic carbocycles. The molecule has 20 heavy (non-hydrogen) atoms. The first-order valence-electron chi connectivity index (χ1n) is 6.07. The van der Waals surface area contributed by atoms with Gasteiger partial charge in [0.05, 0.1) is 18.6 Å². The van der Waals surface area contributed by atoms with Crippen molar-refractivity contribution in [2.45, 2.75) is 25.8 Å². The summed E-state index contributed by atoms with van der Waals surface area (Å²) in [6.45, 7) is 3.60. The number of methoxy groups -OCH3 is 1. The summed E-state index contributed by atoms with van der Waals surface area (Å²) in [5.74, 6) is -1.31. The van der Waals surface area contributed by atoms with Crippen molar-refractivity contribution in [1.82, 2.24) is 5.32 Å². The molecule has 0 radical (unpaired) electrons. The van der Waals surface area contributed by atoms with Crippen molar-refractivity contribution in [2.24, 2.45) is 0 Å². The van der Waals surface area contributed by atoms with E-state index in [1.165, 1.54) is 7.11 Å². The van der Waals surface area contributed by atoms with Gasteiger partial charge in [-0.3, -0.25) is 9.59 Å². The Balaban J connectivity index is 2.96. The largest absolute Gasteiger partial charge is 0.481 e. The van der Waals surface area contributed by atoms with E-state index in [2.05, 4.69) is 21.2 Å². The van der Waals surface area contributed by atoms with E-state index in [4.69, 9.17) is 9.84 Å². The first-order valence-corrected chi connectivity index (χ1v) is 6.87. The van der Waals surface area contributed by atoms with Gasteiger partial charge < -0.3 is 15.2 Å². The SMILES string of the molecule is COCC(C)(CC(=O)O)NC(=O)c1cccc(Br)c1C. The summed E-state index contributed by atoms with van der Waals surface area (Å²) in [5.41, 5.74) is 0.360. The van der Waals surface area contributed by atoms with Crippen LogP contribution in [0.25, 0.3) is 0 Å². The first-order chi connectivity index (χ1) is 9.29. The van der Waals surface area contributed by atoms with E-state index in [0.717, 1.165) is 10.0 Å². The van der Waals surface area contributed by atoms with Crippen LogP contribution >= 0.6 is 15.9 Å². The Morgan fingerprint density at radius 2 is 2.10 bits per heavy atom. The number of carboxylic acids is 1. The fourth-order valence-electron chi connectivity index (χ4n) is 1.98. The lowest BCUT2D eigenvalue weighted by Crippen LogP contribution is -2.50. The number of benzene rings is 1. The minimum absolute atomic E-state index is 0.123. The van der Waals surface area contributed by atoms with Gasteiger partial charge in [0.25, 0.3) is 5.91 Å². The van der Waals surface area contributed by atoms with Crippen LogP contribution in [0.2, 0.25) is 0 Å². The van der Waals surface area contributed by atoms with Crippen LogP contribution in [0.3, 0.4) is 0 Å². The molecule has 1 rings (SSSR count). The standard InChI is InChI=1S/C14H18BrNO4/c1-9-10(5-4-6-11(9)15)13(19)16-14(2,8-20-3)7-12(17)18/h4-6H,7-8H2,1-3H3,(H,16,19)(H,17,18). The highest BCUT2D eigenvalue weighted by Gasteiger charge is 2.30. The van der Waals surface area contributed by atoms with Gasteiger partial charge >= 0.3 is 5.97 Å². The molecule has 1 aromatic rings. The van der Waals surface area contributed by atoms with Crippen LogP contribution in [0, 0.1) is 6.92 Å². The van der Waals surface area contributed by atoms with Gasteiger partial charge in [-0.2, -0.15) is 0 Å². The zero-order valence-corrected chi connectivity index (χ0v) is 13.3. The molecule has 0 aliphatic rings. The minimum Gasteiger partial charge on any atom is -0.481 e. The molecule has 0 spiro atoms. The van der Waals surface area contributed by atoms with Gasteiger partial charge in [0.2, 0.25) is 0 Å². The fourth-order valence-corrected chi connectivity index (χ4v) is 2.34. The Morgan fingerprint density at radius 1 is 1.45 bits per heavy atom. The van der Waals surface area contributed by atoms with Gasteiger partial charge in [-0.05, 0) is 31.5 Å². The maximum Gasteiger partial charge on any atom is 0.305 e. The van der Waals surface area contributed by atoms with Crippen LogP contribution in [0.15, 0.2) is 22.7 Å². The summed E-state index contributed by atoms with van der Waals surface area (Å²) in [6.07, 6.45) is -0.209. The zero-order valence-electron chi connectivity index (χ0n) is 11.7. The maximum absolute atomic E-state index is 12.3. The van der Waals surface area contributed by atoms with Crippen molar-refractivity contribution in [3.05, 3.63) is 33.8 Å². The van der Waals surface area contributed by atoms with Crippen LogP contribution in [-0.2, 0) is 9.53 Å². The van der Waals surface area contributed by atoms with Crippen molar-refractivity contribution in [3.63, 3.8) is 0 Å². The van der Waals surface area contributed by atoms with Crippen molar-refractivity contribution < 1.29 is 19.4 Å². The van der Waals surface area contributed by atoms with E-state index in [9.17, 15) is 9.59 Å². The van der Waals surface area contributed by atoms with E-state index in [1.807, 2.05) is 13.0 Å². The topological polar surface area (TPSA) is 75.6 Å². The van der Waals surface area contributed by atoms with Crippen LogP contribution in [-0.4, -0.2) is 36.2 Å². The molecule has 6 heteroatoms. The lowest BCUT2D eigenvalue weighted by molar-refractivity contribution is -0.139. The second kappa shape index (κ2) is 6.85. The summed E-state index contributed by atoms with van der Waals surface area (Å²) in [4.78, 5) is 23.2. The molecule has 0 heterocycles. The average molecular weight is 344 g/mol. The van der Waals surface area contributed by atoms with Crippen molar-refractivity contribution in [1.29, 1.82) is 0 Å². The minimum atomic E-state index is -0.990. The Morgan fingerprint density at radius 3 is 2.65 bits per heavy atom. The number of amides is 1. The van der Waals surface area contributed by atoms with Crippen LogP contribution < -0.4 is 5.32 Å². The van der Waals surface area contributed by atoms with Crippen LogP contribution in [0.4, 0.5) is 0 Å². The summed E-state index contributed by atoms with van der Waals surface area (Å²) >= 11 is 3.37. The molecule has 0 bridgehead atoms. The van der Waals surface area contributed by atoms with Crippen molar-refractivity contribution in [2.75, 3.05) is 13.7 Å². The summed E-state index contributed by atoms with van der Waals surface area (Å²) in [6, 6.07) is 5.30. The lowest BCUT2D eigenvalue weighted by atomic mass is 9.97. The molecule has 1 atom stereocenters. The number of carbonyl (C=O) groups is 2. The van der Waals surface area contributed by atoms with Gasteiger partial charge in [-0.1, -0.05) is 22.0 Å². The fraction of sp³-hybridized carbons (Fsp3) is 0.429. The molecule has 1 amide bonds. The monoisotopic (exact) mass is 343 g/mol. The molecule has 2 N–H and O–H groups in total. The summed E-state index contributed by atoms with van der Waals surface area (Å²) in [5, 5.41) is 11.7. The molecule has 0 aromatic heterocycles. The average Bonchev–Trinajstić information content (AvgIpc) is 2.31. The first kappa shape index (κ1) is 16.7. The Labute approximate surface area is 126 Å². The second-order valence-corrected chi connectivity index (χ2v) is 5.79. The third-order valence-corrected chi connectivity index (χ3v) is 3.79. The van der Waals surface area contributed by atoms with Gasteiger partial charge in [-0.15, -0.1) is 0 Å². The Bertz CT molecular complexity index is 518. The molecular weight excluding hydrogens is 326 g/mol. The highest BCUT2D eigenvalue weighted by Crippen LogP contribution is 2.20. The van der Waals surface area contributed by atoms with Crippen LogP contribution in [0.5, 0.6) is 0 Å². The Kier molecular flexibility index (Phi) is 5.71. The highest BCUT2D eigenvalue weighted by atomic mass is 79.9. The van der Waals surface area contributed by atoms with E-state index >= 15 is 0 Å². The van der Waals surface area contributed by atoms with Gasteiger partial charge in [-0.25, -0.2) is 0 Å². The summed E-state index contributed by atoms with van der Waals surface area (Å²) in [7, 11) is 1.47. The van der Waals surface area contributed by atoms with Crippen molar-refractivity contribution >= 4 is 27.8 Å². The quantitative estimate of drug-likeness (QED) is 0.831. The number of carboxylic acid groups (broad SMARTS) is 1. The number of nitrogens with one attached hydrogen (secondary N) is 1. The molecule has 0 aliphatic heterocycles. The maximum atomic E-state index is 12.3. The second-order valence-electron chi connectivity index (χ2n) is 4.93. The number of ether oxygens (including phenoxy) is 1. The number of rotatable bonds is 6. The number of carbonyl (C=O) groups excluding carboxylic acids is 1. The number of aliphatic carboxylic acids is 1. The molecule has 110 valence electrons. The lowest BCUT2D eigenvalue weighted by Gasteiger charge is -2.28. The third kappa shape index (κ3) is 4.31. The van der Waals surface area contributed by atoms with Gasteiger partial charge in [0, 0.05) is 17.1 Å². The summed E-state index contributed by atoms with van der Waals surface area (Å²) < 4.78 is 5.84. The van der Waals surface area contributed by atoms with Gasteiger partial charge in [0.1, 0.15) is 0 Å². The van der Waals surface area contributed by atoms with Crippen LogP contribution in [0.1, 0.15) is 29.3 Å². The number of halogens is 1. The molecule has 1 unspecified atom stereocenters. The van der Waals surface area contributed by atoms with E-state index < -0.39 is 11.5 Å². The number of hydrogen-bond acceptors (Lipinski definition) is 3. The molecular formula is C14H18BrNO4. The molecule has 0 aliphatic carbocycles. The zero-order chi connectivity index (χ0) is 15.3. The number of hydrogen-bond donors (Lipinski definition) is 2.